The van der Waals surface area contributed by atoms with Crippen molar-refractivity contribution in [1.82, 2.24) is 10.2 Å². The molecule has 0 aromatic rings. The Morgan fingerprint density at radius 1 is 1.29 bits per heavy atom. The van der Waals surface area contributed by atoms with Crippen molar-refractivity contribution in [2.24, 2.45) is 5.73 Å². The first-order valence-electron chi connectivity index (χ1n) is 7.61. The van der Waals surface area contributed by atoms with Crippen LogP contribution in [0.25, 0.3) is 0 Å². The van der Waals surface area contributed by atoms with E-state index in [1.807, 2.05) is 6.92 Å². The molecule has 3 N–H and O–H groups in total. The minimum Gasteiger partial charge on any atom is -0.381 e. The molecule has 0 aromatic heterocycles. The number of nitrogens with zero attached hydrogens (tertiary/aromatic N) is 1. The van der Waals surface area contributed by atoms with Crippen molar-refractivity contribution in [3.05, 3.63) is 0 Å². The number of hydrogen-bond acceptors (Lipinski definition) is 5. The molecular formula is C14H25N3O4. The van der Waals surface area contributed by atoms with E-state index in [4.69, 9.17) is 15.2 Å². The van der Waals surface area contributed by atoms with Gasteiger partial charge in [0.05, 0.1) is 18.8 Å². The molecule has 2 rings (SSSR count). The summed E-state index contributed by atoms with van der Waals surface area (Å²) >= 11 is 0. The maximum atomic E-state index is 12.8. The molecule has 2 heterocycles. The minimum atomic E-state index is -0.918. The number of rotatable bonds is 4. The molecule has 7 nitrogen and oxygen atoms in total. The Hall–Kier alpha value is -1.18. The lowest BCUT2D eigenvalue weighted by Crippen LogP contribution is -2.64. The van der Waals surface area contributed by atoms with Crippen LogP contribution in [0.1, 0.15) is 26.2 Å². The smallest absolute Gasteiger partial charge is 0.245 e. The van der Waals surface area contributed by atoms with E-state index in [1.54, 1.807) is 4.90 Å². The molecule has 7 heteroatoms. The molecule has 1 unspecified atom stereocenters. The van der Waals surface area contributed by atoms with E-state index in [0.717, 1.165) is 6.42 Å². The Bertz CT molecular complexity index is 382. The van der Waals surface area contributed by atoms with E-state index in [1.165, 1.54) is 0 Å². The predicted molar refractivity (Wildman–Crippen MR) is 76.6 cm³/mol. The molecule has 2 aliphatic rings. The van der Waals surface area contributed by atoms with Crippen molar-refractivity contribution < 1.29 is 19.1 Å². The first-order valence-corrected chi connectivity index (χ1v) is 7.61. The lowest BCUT2D eigenvalue weighted by Gasteiger charge is -2.41. The second-order valence-electron chi connectivity index (χ2n) is 5.65. The number of nitrogens with two attached hydrogens (primary N) is 1. The topological polar surface area (TPSA) is 93.9 Å². The van der Waals surface area contributed by atoms with Crippen molar-refractivity contribution in [2.75, 3.05) is 39.5 Å². The first-order chi connectivity index (χ1) is 10.1. The highest BCUT2D eigenvalue weighted by atomic mass is 16.5. The van der Waals surface area contributed by atoms with Crippen LogP contribution in [-0.4, -0.2) is 67.8 Å². The molecule has 2 amide bonds. The zero-order valence-corrected chi connectivity index (χ0v) is 12.6. The molecule has 120 valence electrons. The van der Waals surface area contributed by atoms with Gasteiger partial charge in [-0.1, -0.05) is 6.92 Å². The van der Waals surface area contributed by atoms with Crippen LogP contribution in [0, 0.1) is 0 Å². The van der Waals surface area contributed by atoms with E-state index in [9.17, 15) is 9.59 Å². The third-order valence-corrected chi connectivity index (χ3v) is 4.05. The lowest BCUT2D eigenvalue weighted by atomic mass is 9.89. The van der Waals surface area contributed by atoms with Gasteiger partial charge in [0.1, 0.15) is 6.04 Å². The summed E-state index contributed by atoms with van der Waals surface area (Å²) < 4.78 is 10.6. The predicted octanol–water partition coefficient (Wildman–Crippen LogP) is -0.752. The minimum absolute atomic E-state index is 0.161. The molecule has 0 aliphatic carbocycles. The van der Waals surface area contributed by atoms with Gasteiger partial charge < -0.3 is 25.4 Å². The van der Waals surface area contributed by atoms with Crippen LogP contribution in [0.4, 0.5) is 0 Å². The Labute approximate surface area is 125 Å². The van der Waals surface area contributed by atoms with E-state index < -0.39 is 11.6 Å². The quantitative estimate of drug-likeness (QED) is 0.712. The molecular weight excluding hydrogens is 274 g/mol. The molecule has 0 saturated carbocycles. The number of carbonyl (C=O) groups is 2. The summed E-state index contributed by atoms with van der Waals surface area (Å²) in [5.74, 6) is -0.327. The van der Waals surface area contributed by atoms with Crippen molar-refractivity contribution in [3.8, 4) is 0 Å². The molecule has 0 bridgehead atoms. The van der Waals surface area contributed by atoms with E-state index in [-0.39, 0.29) is 18.4 Å². The maximum absolute atomic E-state index is 12.8. The van der Waals surface area contributed by atoms with Crippen LogP contribution in [0.3, 0.4) is 0 Å². The summed E-state index contributed by atoms with van der Waals surface area (Å²) in [5.41, 5.74) is 5.33. The standard InChI is InChI=1S/C14H25N3O4/c1-2-5-16-12(18)11-10-21-9-6-17(11)13(19)14(15)3-7-20-8-4-14/h11H,2-10,15H2,1H3,(H,16,18). The van der Waals surface area contributed by atoms with Crippen LogP contribution < -0.4 is 11.1 Å². The fourth-order valence-electron chi connectivity index (χ4n) is 2.67. The van der Waals surface area contributed by atoms with Gasteiger partial charge in [0.2, 0.25) is 11.8 Å². The van der Waals surface area contributed by atoms with Crippen LogP contribution in [0.2, 0.25) is 0 Å². The summed E-state index contributed by atoms with van der Waals surface area (Å²) in [6.45, 7) is 4.63. The summed E-state index contributed by atoms with van der Waals surface area (Å²) in [6.07, 6.45) is 1.84. The van der Waals surface area contributed by atoms with Gasteiger partial charge in [-0.2, -0.15) is 0 Å². The molecule has 0 spiro atoms. The number of amides is 2. The zero-order chi connectivity index (χ0) is 15.3. The molecule has 1 atom stereocenters. The van der Waals surface area contributed by atoms with E-state index in [2.05, 4.69) is 5.32 Å². The van der Waals surface area contributed by atoms with Gasteiger partial charge in [-0.15, -0.1) is 0 Å². The Morgan fingerprint density at radius 2 is 2.00 bits per heavy atom. The second kappa shape index (κ2) is 7.20. The number of ether oxygens (including phenoxy) is 2. The monoisotopic (exact) mass is 299 g/mol. The largest absolute Gasteiger partial charge is 0.381 e. The fraction of sp³-hybridized carbons (Fsp3) is 0.857. The van der Waals surface area contributed by atoms with E-state index in [0.29, 0.717) is 45.8 Å². The van der Waals surface area contributed by atoms with Gasteiger partial charge in [0.25, 0.3) is 0 Å². The maximum Gasteiger partial charge on any atom is 0.245 e. The highest BCUT2D eigenvalue weighted by Gasteiger charge is 2.43. The SMILES string of the molecule is CCCNC(=O)C1COCCN1C(=O)C1(N)CCOCC1. The summed E-state index contributed by atoms with van der Waals surface area (Å²) in [4.78, 5) is 26.6. The molecule has 2 aliphatic heterocycles. The fourth-order valence-corrected chi connectivity index (χ4v) is 2.67. The third-order valence-electron chi connectivity index (χ3n) is 4.05. The number of carbonyl (C=O) groups excluding carboxylic acids is 2. The summed E-state index contributed by atoms with van der Waals surface area (Å²) in [5, 5.41) is 2.82. The number of hydrogen-bond donors (Lipinski definition) is 2. The summed E-state index contributed by atoms with van der Waals surface area (Å²) in [7, 11) is 0. The van der Waals surface area contributed by atoms with Crippen LogP contribution in [0.15, 0.2) is 0 Å². The number of morpholine rings is 1. The average molecular weight is 299 g/mol. The lowest BCUT2D eigenvalue weighted by molar-refractivity contribution is -0.155. The Balaban J connectivity index is 2.06. The number of nitrogens with one attached hydrogen (secondary N) is 1. The van der Waals surface area contributed by atoms with Gasteiger partial charge in [0, 0.05) is 26.3 Å². The van der Waals surface area contributed by atoms with Crippen LogP contribution >= 0.6 is 0 Å². The normalized spacial score (nSPS) is 25.4. The average Bonchev–Trinajstić information content (AvgIpc) is 2.52. The van der Waals surface area contributed by atoms with Crippen LogP contribution in [-0.2, 0) is 19.1 Å². The van der Waals surface area contributed by atoms with E-state index >= 15 is 0 Å². The van der Waals surface area contributed by atoms with Crippen molar-refractivity contribution in [3.63, 3.8) is 0 Å². The van der Waals surface area contributed by atoms with Crippen molar-refractivity contribution >= 4 is 11.8 Å². The zero-order valence-electron chi connectivity index (χ0n) is 12.6. The molecule has 2 saturated heterocycles. The van der Waals surface area contributed by atoms with Gasteiger partial charge in [-0.05, 0) is 19.3 Å². The van der Waals surface area contributed by atoms with Gasteiger partial charge >= 0.3 is 0 Å². The highest BCUT2D eigenvalue weighted by molar-refractivity contribution is 5.92. The van der Waals surface area contributed by atoms with Gasteiger partial charge in [-0.3, -0.25) is 9.59 Å². The summed E-state index contributed by atoms with van der Waals surface area (Å²) in [6, 6.07) is -0.582. The molecule has 0 aromatic carbocycles. The van der Waals surface area contributed by atoms with Gasteiger partial charge in [-0.25, -0.2) is 0 Å². The third kappa shape index (κ3) is 3.72. The first kappa shape index (κ1) is 16.2. The Kier molecular flexibility index (Phi) is 5.55. The second-order valence-corrected chi connectivity index (χ2v) is 5.65. The highest BCUT2D eigenvalue weighted by Crippen LogP contribution is 2.23. The van der Waals surface area contributed by atoms with Gasteiger partial charge in [0.15, 0.2) is 0 Å². The van der Waals surface area contributed by atoms with Crippen LogP contribution in [0.5, 0.6) is 0 Å². The Morgan fingerprint density at radius 3 is 2.67 bits per heavy atom. The van der Waals surface area contributed by atoms with Crippen molar-refractivity contribution in [2.45, 2.75) is 37.8 Å². The molecule has 2 fully saturated rings. The van der Waals surface area contributed by atoms with Crippen molar-refractivity contribution in [1.29, 1.82) is 0 Å². The molecule has 21 heavy (non-hydrogen) atoms. The molecule has 0 radical (unpaired) electrons.